The lowest BCUT2D eigenvalue weighted by molar-refractivity contribution is -0.140. The topological polar surface area (TPSA) is 113 Å². The Kier molecular flexibility index (Phi) is 6.61. The van der Waals surface area contributed by atoms with E-state index in [2.05, 4.69) is 5.32 Å². The molecule has 1 amide bonds. The average Bonchev–Trinajstić information content (AvgIpc) is 2.58. The summed E-state index contributed by atoms with van der Waals surface area (Å²) in [6, 6.07) is 4.47. The van der Waals surface area contributed by atoms with Gasteiger partial charge in [-0.2, -0.15) is 4.31 Å². The first-order valence-corrected chi connectivity index (χ1v) is 10.3. The van der Waals surface area contributed by atoms with Crippen LogP contribution in [0.2, 0.25) is 0 Å². The lowest BCUT2D eigenvalue weighted by Crippen LogP contribution is -2.48. The summed E-state index contributed by atoms with van der Waals surface area (Å²) < 4.78 is 32.6. The third-order valence-electron chi connectivity index (χ3n) is 4.36. The van der Waals surface area contributed by atoms with Crippen molar-refractivity contribution < 1.29 is 27.9 Å². The van der Waals surface area contributed by atoms with Gasteiger partial charge in [0.2, 0.25) is 10.0 Å². The molecule has 0 spiro atoms. The van der Waals surface area contributed by atoms with E-state index < -0.39 is 27.9 Å². The highest BCUT2D eigenvalue weighted by molar-refractivity contribution is 7.89. The van der Waals surface area contributed by atoms with E-state index in [1.54, 1.807) is 13.8 Å². The van der Waals surface area contributed by atoms with Crippen LogP contribution in [0.3, 0.4) is 0 Å². The summed E-state index contributed by atoms with van der Waals surface area (Å²) >= 11 is 0. The summed E-state index contributed by atoms with van der Waals surface area (Å²) in [5.41, 5.74) is 0.199. The first-order valence-electron chi connectivity index (χ1n) is 8.81. The lowest BCUT2D eigenvalue weighted by atomic mass is 10.0. The largest absolute Gasteiger partial charge is 0.480 e. The summed E-state index contributed by atoms with van der Waals surface area (Å²) in [7, 11) is -3.69. The van der Waals surface area contributed by atoms with E-state index in [1.165, 1.54) is 28.6 Å². The fourth-order valence-electron chi connectivity index (χ4n) is 2.99. The number of sulfonamides is 1. The number of carboxylic acid groups (broad SMARTS) is 1. The molecule has 27 heavy (non-hydrogen) atoms. The second kappa shape index (κ2) is 8.37. The Hall–Kier alpha value is -1.97. The Morgan fingerprint density at radius 3 is 2.11 bits per heavy atom. The highest BCUT2D eigenvalue weighted by Crippen LogP contribution is 2.21. The predicted molar refractivity (Wildman–Crippen MR) is 98.9 cm³/mol. The molecule has 1 aromatic rings. The van der Waals surface area contributed by atoms with Crippen LogP contribution in [-0.4, -0.2) is 61.0 Å². The first kappa shape index (κ1) is 21.3. The van der Waals surface area contributed by atoms with Gasteiger partial charge in [0.05, 0.1) is 17.1 Å². The van der Waals surface area contributed by atoms with Crippen molar-refractivity contribution in [3.63, 3.8) is 0 Å². The number of nitrogens with zero attached hydrogens (tertiary/aromatic N) is 1. The van der Waals surface area contributed by atoms with E-state index in [-0.39, 0.29) is 41.7 Å². The molecule has 1 aliphatic rings. The minimum Gasteiger partial charge on any atom is -0.480 e. The van der Waals surface area contributed by atoms with Gasteiger partial charge in [-0.1, -0.05) is 13.8 Å². The number of carboxylic acids is 1. The van der Waals surface area contributed by atoms with Gasteiger partial charge in [0.1, 0.15) is 6.04 Å². The predicted octanol–water partition coefficient (Wildman–Crippen LogP) is 1.32. The summed E-state index contributed by atoms with van der Waals surface area (Å²) in [6.07, 6.45) is -0.393. The van der Waals surface area contributed by atoms with Gasteiger partial charge in [-0.3, -0.25) is 4.79 Å². The normalized spacial score (nSPS) is 22.4. The molecule has 150 valence electrons. The van der Waals surface area contributed by atoms with E-state index in [0.717, 1.165) is 0 Å². The summed E-state index contributed by atoms with van der Waals surface area (Å²) in [6.45, 7) is 7.56. The maximum Gasteiger partial charge on any atom is 0.326 e. The molecular weight excluding hydrogens is 372 g/mol. The third-order valence-corrected chi connectivity index (χ3v) is 6.21. The summed E-state index contributed by atoms with van der Waals surface area (Å²) in [5.74, 6) is -1.96. The van der Waals surface area contributed by atoms with Gasteiger partial charge in [-0.15, -0.1) is 0 Å². The van der Waals surface area contributed by atoms with Crippen molar-refractivity contribution in [2.45, 2.75) is 50.8 Å². The van der Waals surface area contributed by atoms with Crippen LogP contribution >= 0.6 is 0 Å². The van der Waals surface area contributed by atoms with Crippen molar-refractivity contribution in [2.24, 2.45) is 5.92 Å². The smallest absolute Gasteiger partial charge is 0.326 e. The summed E-state index contributed by atoms with van der Waals surface area (Å²) in [5, 5.41) is 11.6. The molecule has 0 bridgehead atoms. The molecule has 1 aromatic carbocycles. The Balaban J connectivity index is 2.16. The van der Waals surface area contributed by atoms with Crippen LogP contribution in [0.25, 0.3) is 0 Å². The second-order valence-electron chi connectivity index (χ2n) is 7.14. The molecule has 8 nitrogen and oxygen atoms in total. The van der Waals surface area contributed by atoms with E-state index in [4.69, 9.17) is 9.84 Å². The zero-order chi connectivity index (χ0) is 20.4. The van der Waals surface area contributed by atoms with Gasteiger partial charge >= 0.3 is 5.97 Å². The molecule has 0 aromatic heterocycles. The molecule has 0 unspecified atom stereocenters. The fourth-order valence-corrected chi connectivity index (χ4v) is 4.58. The zero-order valence-electron chi connectivity index (χ0n) is 15.9. The monoisotopic (exact) mass is 398 g/mol. The minimum atomic E-state index is -3.69. The molecule has 1 saturated heterocycles. The Morgan fingerprint density at radius 1 is 1.15 bits per heavy atom. The molecule has 1 aliphatic heterocycles. The van der Waals surface area contributed by atoms with Crippen LogP contribution in [0.4, 0.5) is 0 Å². The molecule has 0 aliphatic carbocycles. The van der Waals surface area contributed by atoms with Crippen LogP contribution < -0.4 is 5.32 Å². The minimum absolute atomic E-state index is 0.0824. The second-order valence-corrected chi connectivity index (χ2v) is 9.08. The van der Waals surface area contributed by atoms with Crippen LogP contribution in [0.15, 0.2) is 29.2 Å². The Labute approximate surface area is 159 Å². The molecule has 0 radical (unpaired) electrons. The molecule has 0 saturated carbocycles. The third kappa shape index (κ3) is 5.06. The van der Waals surface area contributed by atoms with Crippen LogP contribution in [-0.2, 0) is 19.6 Å². The molecule has 2 N–H and O–H groups in total. The van der Waals surface area contributed by atoms with Crippen molar-refractivity contribution >= 4 is 21.9 Å². The number of aliphatic carboxylic acids is 1. The lowest BCUT2D eigenvalue weighted by Gasteiger charge is -2.34. The van der Waals surface area contributed by atoms with Crippen LogP contribution in [0.5, 0.6) is 0 Å². The van der Waals surface area contributed by atoms with Crippen LogP contribution in [0.1, 0.15) is 38.1 Å². The Morgan fingerprint density at radius 2 is 1.67 bits per heavy atom. The highest BCUT2D eigenvalue weighted by Gasteiger charge is 2.32. The standard InChI is InChI=1S/C18H26N2O6S/c1-11(2)16(18(22)23)19-17(21)14-5-7-15(8-6-14)27(24,25)20-9-12(3)26-13(4)10-20/h5-8,11-13,16H,9-10H2,1-4H3,(H,19,21)(H,22,23)/t12-,13+,16-/m0/s1. The molecule has 1 fully saturated rings. The van der Waals surface area contributed by atoms with Gasteiger partial charge in [0, 0.05) is 18.7 Å². The molecule has 1 heterocycles. The van der Waals surface area contributed by atoms with E-state index >= 15 is 0 Å². The SMILES string of the molecule is CC(C)[C@H](NC(=O)c1ccc(S(=O)(=O)N2C[C@@H](C)O[C@@H](C)C2)cc1)C(=O)O. The van der Waals surface area contributed by atoms with Gasteiger partial charge in [-0.05, 0) is 44.0 Å². The molecule has 3 atom stereocenters. The molecular formula is C18H26N2O6S. The van der Waals surface area contributed by atoms with Gasteiger partial charge in [0.25, 0.3) is 5.91 Å². The van der Waals surface area contributed by atoms with Crippen molar-refractivity contribution in [2.75, 3.05) is 13.1 Å². The van der Waals surface area contributed by atoms with Crippen molar-refractivity contribution in [3.05, 3.63) is 29.8 Å². The molecule has 2 rings (SSSR count). The quantitative estimate of drug-likeness (QED) is 0.747. The number of amides is 1. The number of morpholine rings is 1. The van der Waals surface area contributed by atoms with Crippen LogP contribution in [0, 0.1) is 5.92 Å². The highest BCUT2D eigenvalue weighted by atomic mass is 32.2. The molecule has 9 heteroatoms. The van der Waals surface area contributed by atoms with Gasteiger partial charge in [-0.25, -0.2) is 13.2 Å². The van der Waals surface area contributed by atoms with E-state index in [1.807, 2.05) is 13.8 Å². The number of ether oxygens (including phenoxy) is 1. The van der Waals surface area contributed by atoms with E-state index in [0.29, 0.717) is 0 Å². The van der Waals surface area contributed by atoms with Crippen molar-refractivity contribution in [1.29, 1.82) is 0 Å². The first-order chi connectivity index (χ1) is 12.5. The maximum absolute atomic E-state index is 12.8. The number of hydrogen-bond acceptors (Lipinski definition) is 5. The number of nitrogens with one attached hydrogen (secondary N) is 1. The maximum atomic E-state index is 12.8. The average molecular weight is 398 g/mol. The zero-order valence-corrected chi connectivity index (χ0v) is 16.7. The number of rotatable bonds is 6. The summed E-state index contributed by atoms with van der Waals surface area (Å²) in [4.78, 5) is 23.6. The van der Waals surface area contributed by atoms with Gasteiger partial charge in [0.15, 0.2) is 0 Å². The van der Waals surface area contributed by atoms with E-state index in [9.17, 15) is 18.0 Å². The van der Waals surface area contributed by atoms with Gasteiger partial charge < -0.3 is 15.2 Å². The number of benzene rings is 1. The van der Waals surface area contributed by atoms with Crippen molar-refractivity contribution in [3.8, 4) is 0 Å². The fraction of sp³-hybridized carbons (Fsp3) is 0.556. The Bertz CT molecular complexity index is 781. The number of carbonyl (C=O) groups is 2. The number of hydrogen-bond donors (Lipinski definition) is 2. The number of carbonyl (C=O) groups excluding carboxylic acids is 1. The van der Waals surface area contributed by atoms with Crippen molar-refractivity contribution in [1.82, 2.24) is 9.62 Å².